The average Bonchev–Trinajstić information content (AvgIpc) is 3.10. The van der Waals surface area contributed by atoms with Crippen LogP contribution in [0.5, 0.6) is 11.5 Å². The second-order valence-electron chi connectivity index (χ2n) is 5.42. The molecule has 0 fully saturated rings. The highest BCUT2D eigenvalue weighted by Crippen LogP contribution is 2.40. The highest BCUT2D eigenvalue weighted by atomic mass is 16.6. The summed E-state index contributed by atoms with van der Waals surface area (Å²) in [4.78, 5) is 32.2. The highest BCUT2D eigenvalue weighted by molar-refractivity contribution is 5.81. The number of carbonyl (C=O) groups is 1. The molecule has 1 heterocycles. The van der Waals surface area contributed by atoms with Crippen LogP contribution in [0.4, 0.5) is 11.4 Å². The predicted molar refractivity (Wildman–Crippen MR) is 101 cm³/mol. The lowest BCUT2D eigenvalue weighted by Crippen LogP contribution is -2.24. The molecule has 1 N–H and O–H groups in total. The maximum Gasteiger partial charge on any atom is 0.321 e. The normalized spacial score (nSPS) is 11.0. The molecule has 0 atom stereocenters. The van der Waals surface area contributed by atoms with Crippen LogP contribution in [0, 0.1) is 27.2 Å². The van der Waals surface area contributed by atoms with Crippen LogP contribution < -0.4 is 14.9 Å². The third-order valence-corrected chi connectivity index (χ3v) is 3.37. The first-order chi connectivity index (χ1) is 13.8. The Kier molecular flexibility index (Phi) is 7.01. The zero-order valence-corrected chi connectivity index (χ0v) is 15.4. The zero-order valence-electron chi connectivity index (χ0n) is 15.4. The second-order valence-corrected chi connectivity index (χ2v) is 5.42. The summed E-state index contributed by atoms with van der Waals surface area (Å²) in [5.74, 6) is -0.00335. The van der Waals surface area contributed by atoms with Gasteiger partial charge in [-0.05, 0) is 31.2 Å². The van der Waals surface area contributed by atoms with Crippen LogP contribution in [0.25, 0.3) is 6.08 Å². The lowest BCUT2D eigenvalue weighted by Gasteiger charge is -2.10. The van der Waals surface area contributed by atoms with Gasteiger partial charge >= 0.3 is 5.69 Å². The summed E-state index contributed by atoms with van der Waals surface area (Å²) in [7, 11) is 1.16. The van der Waals surface area contributed by atoms with Crippen molar-refractivity contribution in [2.75, 3.05) is 13.7 Å². The molecular weight excluding hydrogens is 388 g/mol. The van der Waals surface area contributed by atoms with Gasteiger partial charge in [0.25, 0.3) is 11.6 Å². The number of nitro groups is 2. The number of aryl methyl sites for hydroxylation is 1. The minimum atomic E-state index is -0.873. The Morgan fingerprint density at radius 1 is 1.28 bits per heavy atom. The van der Waals surface area contributed by atoms with E-state index in [9.17, 15) is 25.0 Å². The summed E-state index contributed by atoms with van der Waals surface area (Å²) in [6, 6.07) is 5.23. The Labute approximate surface area is 163 Å². The number of hydrogen-bond donors (Lipinski definition) is 1. The van der Waals surface area contributed by atoms with Gasteiger partial charge in [0.1, 0.15) is 11.5 Å². The molecule has 0 aliphatic heterocycles. The molecule has 2 rings (SSSR count). The first-order valence-electron chi connectivity index (χ1n) is 8.00. The number of benzene rings is 1. The van der Waals surface area contributed by atoms with Gasteiger partial charge < -0.3 is 13.9 Å². The molecule has 29 heavy (non-hydrogen) atoms. The first-order valence-corrected chi connectivity index (χ1v) is 8.00. The van der Waals surface area contributed by atoms with Crippen LogP contribution in [0.15, 0.2) is 39.9 Å². The molecule has 0 unspecified atom stereocenters. The molecule has 1 aromatic heterocycles. The van der Waals surface area contributed by atoms with Crippen molar-refractivity contribution in [3.05, 3.63) is 62.1 Å². The Morgan fingerprint density at radius 3 is 2.62 bits per heavy atom. The molecule has 1 amide bonds. The van der Waals surface area contributed by atoms with Gasteiger partial charge in [-0.25, -0.2) is 5.43 Å². The van der Waals surface area contributed by atoms with Crippen LogP contribution in [0.1, 0.15) is 11.5 Å². The van der Waals surface area contributed by atoms with Crippen molar-refractivity contribution in [1.82, 2.24) is 5.43 Å². The van der Waals surface area contributed by atoms with Gasteiger partial charge in [-0.2, -0.15) is 5.10 Å². The summed E-state index contributed by atoms with van der Waals surface area (Å²) >= 11 is 0. The van der Waals surface area contributed by atoms with Gasteiger partial charge in [0, 0.05) is 6.21 Å². The fourth-order valence-electron chi connectivity index (χ4n) is 2.11. The molecule has 12 nitrogen and oxygen atoms in total. The van der Waals surface area contributed by atoms with E-state index in [4.69, 9.17) is 13.9 Å². The van der Waals surface area contributed by atoms with Gasteiger partial charge in [-0.15, -0.1) is 0 Å². The fourth-order valence-corrected chi connectivity index (χ4v) is 2.11. The minimum Gasteiger partial charge on any atom is -0.492 e. The number of nitrogens with zero attached hydrogens (tertiary/aromatic N) is 3. The summed E-state index contributed by atoms with van der Waals surface area (Å²) in [6.45, 7) is 1.17. The van der Waals surface area contributed by atoms with Crippen molar-refractivity contribution in [2.45, 2.75) is 6.92 Å². The number of allylic oxidation sites excluding steroid dienone is 1. The number of nitrogens with one attached hydrogen (secondary N) is 1. The molecule has 12 heteroatoms. The molecular formula is C17H16N4O8. The van der Waals surface area contributed by atoms with E-state index < -0.39 is 39.5 Å². The molecule has 0 aliphatic carbocycles. The predicted octanol–water partition coefficient (Wildman–Crippen LogP) is 2.61. The van der Waals surface area contributed by atoms with E-state index in [2.05, 4.69) is 10.5 Å². The van der Waals surface area contributed by atoms with E-state index in [0.29, 0.717) is 5.76 Å². The summed E-state index contributed by atoms with van der Waals surface area (Å²) in [5.41, 5.74) is 0.913. The van der Waals surface area contributed by atoms with Gasteiger partial charge in [0.15, 0.2) is 12.4 Å². The van der Waals surface area contributed by atoms with E-state index in [0.717, 1.165) is 25.0 Å². The molecule has 152 valence electrons. The van der Waals surface area contributed by atoms with Crippen LogP contribution in [-0.2, 0) is 4.79 Å². The van der Waals surface area contributed by atoms with Gasteiger partial charge in [0.05, 0.1) is 29.1 Å². The molecule has 0 saturated carbocycles. The van der Waals surface area contributed by atoms with Crippen molar-refractivity contribution in [3.63, 3.8) is 0 Å². The number of carbonyl (C=O) groups excluding carboxylic acids is 1. The van der Waals surface area contributed by atoms with Crippen molar-refractivity contribution in [3.8, 4) is 11.5 Å². The van der Waals surface area contributed by atoms with Crippen molar-refractivity contribution >= 4 is 29.6 Å². The standard InChI is InChI=1S/C17H16N4O8/c1-11-5-6-13(29-11)4-3-7-18-19-16(22)10-28-17-14(21(25)26)8-12(20(23)24)9-15(17)27-2/h3-9H,10H2,1-2H3,(H,19,22). The van der Waals surface area contributed by atoms with Crippen LogP contribution in [0.2, 0.25) is 0 Å². The monoisotopic (exact) mass is 404 g/mol. The quantitative estimate of drug-likeness (QED) is 0.379. The van der Waals surface area contributed by atoms with E-state index in [1.165, 1.54) is 12.3 Å². The van der Waals surface area contributed by atoms with Crippen molar-refractivity contribution in [2.24, 2.45) is 5.10 Å². The third kappa shape index (κ3) is 5.89. The number of amides is 1. The van der Waals surface area contributed by atoms with E-state index in [1.807, 2.05) is 0 Å². The summed E-state index contributed by atoms with van der Waals surface area (Å²) in [6.07, 6.45) is 4.46. The number of hydrogen-bond acceptors (Lipinski definition) is 9. The number of non-ortho nitro benzene ring substituents is 1. The van der Waals surface area contributed by atoms with Crippen LogP contribution >= 0.6 is 0 Å². The molecule has 1 aromatic carbocycles. The molecule has 0 spiro atoms. The Morgan fingerprint density at radius 2 is 2.03 bits per heavy atom. The van der Waals surface area contributed by atoms with E-state index in [1.54, 1.807) is 25.1 Å². The van der Waals surface area contributed by atoms with Crippen molar-refractivity contribution in [1.29, 1.82) is 0 Å². The molecule has 0 radical (unpaired) electrons. The Hall–Kier alpha value is -4.22. The summed E-state index contributed by atoms with van der Waals surface area (Å²) in [5, 5.41) is 25.7. The number of nitro benzene ring substituents is 2. The lowest BCUT2D eigenvalue weighted by atomic mass is 10.2. The van der Waals surface area contributed by atoms with Gasteiger partial charge in [-0.3, -0.25) is 25.0 Å². The van der Waals surface area contributed by atoms with Crippen LogP contribution in [0.3, 0.4) is 0 Å². The third-order valence-electron chi connectivity index (χ3n) is 3.37. The number of hydrazone groups is 1. The molecule has 0 aliphatic rings. The maximum absolute atomic E-state index is 11.8. The lowest BCUT2D eigenvalue weighted by molar-refractivity contribution is -0.394. The van der Waals surface area contributed by atoms with Crippen molar-refractivity contribution < 1.29 is 28.5 Å². The maximum atomic E-state index is 11.8. The average molecular weight is 404 g/mol. The van der Waals surface area contributed by atoms with Crippen LogP contribution in [-0.4, -0.2) is 35.7 Å². The minimum absolute atomic E-state index is 0.251. The molecule has 0 bridgehead atoms. The zero-order chi connectivity index (χ0) is 21.4. The Bertz CT molecular complexity index is 980. The number of ether oxygens (including phenoxy) is 2. The Balaban J connectivity index is 2.00. The molecule has 2 aromatic rings. The highest BCUT2D eigenvalue weighted by Gasteiger charge is 2.27. The first kappa shape index (κ1) is 21.1. The summed E-state index contributed by atoms with van der Waals surface area (Å²) < 4.78 is 15.4. The van der Waals surface area contributed by atoms with E-state index in [-0.39, 0.29) is 5.75 Å². The van der Waals surface area contributed by atoms with Gasteiger partial charge in [0.2, 0.25) is 5.75 Å². The largest absolute Gasteiger partial charge is 0.492 e. The number of methoxy groups -OCH3 is 1. The topological polar surface area (TPSA) is 159 Å². The SMILES string of the molecule is COc1cc([N+](=O)[O-])cc([N+](=O)[O-])c1OCC(=O)NN=CC=Cc1ccc(C)o1. The fraction of sp³-hybridized carbons (Fsp3) is 0.176. The number of furan rings is 1. The second kappa shape index (κ2) is 9.64. The van der Waals surface area contributed by atoms with E-state index >= 15 is 0 Å². The molecule has 0 saturated heterocycles. The van der Waals surface area contributed by atoms with Gasteiger partial charge in [-0.1, -0.05) is 0 Å². The number of rotatable bonds is 9. The smallest absolute Gasteiger partial charge is 0.321 e.